The van der Waals surface area contributed by atoms with Crippen molar-refractivity contribution >= 4 is 0 Å². The molecule has 0 N–H and O–H groups in total. The predicted molar refractivity (Wildman–Crippen MR) is 46.9 cm³/mol. The van der Waals surface area contributed by atoms with Gasteiger partial charge in [0.2, 0.25) is 0 Å². The van der Waals surface area contributed by atoms with Crippen LogP contribution >= 0.6 is 0 Å². The zero-order valence-electron chi connectivity index (χ0n) is 7.71. The molecule has 0 aliphatic rings. The summed E-state index contributed by atoms with van der Waals surface area (Å²) in [6, 6.07) is 8.39. The van der Waals surface area contributed by atoms with Crippen LogP contribution in [0.4, 0.5) is 13.2 Å². The summed E-state index contributed by atoms with van der Waals surface area (Å²) in [6.45, 7) is 0. The Kier molecular flexibility index (Phi) is 3.52. The summed E-state index contributed by atoms with van der Waals surface area (Å²) in [5.74, 6) is 0. The van der Waals surface area contributed by atoms with Crippen molar-refractivity contribution in [2.24, 2.45) is 0 Å². The highest BCUT2D eigenvalue weighted by molar-refractivity contribution is 5.17. The van der Waals surface area contributed by atoms with Crippen molar-refractivity contribution in [2.75, 3.05) is 7.11 Å². The summed E-state index contributed by atoms with van der Waals surface area (Å²) in [7, 11) is 1.28. The highest BCUT2D eigenvalue weighted by Crippen LogP contribution is 2.31. The average Bonchev–Trinajstić information content (AvgIpc) is 2.14. The van der Waals surface area contributed by atoms with Crippen molar-refractivity contribution in [1.82, 2.24) is 0 Å². The molecule has 14 heavy (non-hydrogen) atoms. The van der Waals surface area contributed by atoms with Gasteiger partial charge in [-0.2, -0.15) is 13.2 Å². The monoisotopic (exact) mass is 204 g/mol. The largest absolute Gasteiger partial charge is 0.391 e. The molecule has 1 aromatic carbocycles. The van der Waals surface area contributed by atoms with Crippen LogP contribution in [-0.2, 0) is 4.74 Å². The first-order valence-electron chi connectivity index (χ1n) is 4.17. The molecule has 0 bridgehead atoms. The van der Waals surface area contributed by atoms with Gasteiger partial charge in [-0.25, -0.2) is 0 Å². The Morgan fingerprint density at radius 3 is 2.21 bits per heavy atom. The lowest BCUT2D eigenvalue weighted by Gasteiger charge is -2.17. The number of hydrogen-bond acceptors (Lipinski definition) is 1. The summed E-state index contributed by atoms with van der Waals surface area (Å²) in [5, 5.41) is 0. The molecule has 0 aliphatic heterocycles. The van der Waals surface area contributed by atoms with E-state index in [0.29, 0.717) is 5.56 Å². The van der Waals surface area contributed by atoms with Gasteiger partial charge in [-0.15, -0.1) is 0 Å². The summed E-state index contributed by atoms with van der Waals surface area (Å²) in [6.07, 6.45) is -6.06. The standard InChI is InChI=1S/C10H11F3O/c1-14-9(7-10(11,12)13)8-5-3-2-4-6-8/h2-6,9H,7H2,1H3/t9-/m1/s1. The quantitative estimate of drug-likeness (QED) is 0.733. The minimum absolute atomic E-state index is 0.548. The van der Waals surface area contributed by atoms with Gasteiger partial charge in [0.05, 0.1) is 12.5 Å². The summed E-state index contributed by atoms with van der Waals surface area (Å²) >= 11 is 0. The minimum atomic E-state index is -4.20. The second-order valence-corrected chi connectivity index (χ2v) is 2.95. The molecule has 0 radical (unpaired) electrons. The maximum atomic E-state index is 12.1. The molecule has 0 unspecified atom stereocenters. The van der Waals surface area contributed by atoms with Gasteiger partial charge in [0.25, 0.3) is 0 Å². The van der Waals surface area contributed by atoms with E-state index < -0.39 is 18.7 Å². The van der Waals surface area contributed by atoms with Crippen LogP contribution in [0, 0.1) is 0 Å². The average molecular weight is 204 g/mol. The molecule has 0 saturated carbocycles. The number of halogens is 3. The number of hydrogen-bond donors (Lipinski definition) is 0. The first-order chi connectivity index (χ1) is 6.53. The van der Waals surface area contributed by atoms with Crippen LogP contribution in [-0.4, -0.2) is 13.3 Å². The van der Waals surface area contributed by atoms with Crippen molar-refractivity contribution in [2.45, 2.75) is 18.7 Å². The van der Waals surface area contributed by atoms with Crippen molar-refractivity contribution < 1.29 is 17.9 Å². The van der Waals surface area contributed by atoms with E-state index in [1.54, 1.807) is 30.3 Å². The summed E-state index contributed by atoms with van der Waals surface area (Å²) < 4.78 is 41.1. The molecule has 1 atom stereocenters. The van der Waals surface area contributed by atoms with Gasteiger partial charge in [0.1, 0.15) is 0 Å². The van der Waals surface area contributed by atoms with E-state index in [1.807, 2.05) is 0 Å². The molecule has 0 fully saturated rings. The minimum Gasteiger partial charge on any atom is -0.376 e. The number of methoxy groups -OCH3 is 1. The Balaban J connectivity index is 2.73. The molecule has 1 rings (SSSR count). The van der Waals surface area contributed by atoms with Crippen LogP contribution in [0.3, 0.4) is 0 Å². The zero-order valence-corrected chi connectivity index (χ0v) is 7.71. The van der Waals surface area contributed by atoms with Gasteiger partial charge < -0.3 is 4.74 Å². The fraction of sp³-hybridized carbons (Fsp3) is 0.400. The lowest BCUT2D eigenvalue weighted by Crippen LogP contribution is -2.15. The van der Waals surface area contributed by atoms with Crippen molar-refractivity contribution in [3.8, 4) is 0 Å². The van der Waals surface area contributed by atoms with E-state index in [0.717, 1.165) is 0 Å². The topological polar surface area (TPSA) is 9.23 Å². The SMILES string of the molecule is CO[C@H](CC(F)(F)F)c1ccccc1. The number of alkyl halides is 3. The molecule has 0 saturated heterocycles. The van der Waals surface area contributed by atoms with Crippen LogP contribution < -0.4 is 0 Å². The van der Waals surface area contributed by atoms with E-state index in [4.69, 9.17) is 4.74 Å². The maximum Gasteiger partial charge on any atom is 0.391 e. The van der Waals surface area contributed by atoms with Crippen LogP contribution in [0.15, 0.2) is 30.3 Å². The van der Waals surface area contributed by atoms with Gasteiger partial charge in [0, 0.05) is 7.11 Å². The van der Waals surface area contributed by atoms with Gasteiger partial charge in [-0.3, -0.25) is 0 Å². The fourth-order valence-corrected chi connectivity index (χ4v) is 1.22. The molecular formula is C10H11F3O. The molecule has 0 aromatic heterocycles. The second-order valence-electron chi connectivity index (χ2n) is 2.95. The highest BCUT2D eigenvalue weighted by Gasteiger charge is 2.32. The number of rotatable bonds is 3. The van der Waals surface area contributed by atoms with Gasteiger partial charge in [-0.05, 0) is 5.56 Å². The van der Waals surface area contributed by atoms with Crippen LogP contribution in [0.1, 0.15) is 18.1 Å². The first kappa shape index (κ1) is 11.0. The Labute approximate surface area is 80.5 Å². The lowest BCUT2D eigenvalue weighted by molar-refractivity contribution is -0.158. The van der Waals surface area contributed by atoms with E-state index >= 15 is 0 Å². The van der Waals surface area contributed by atoms with E-state index in [2.05, 4.69) is 0 Å². The lowest BCUT2D eigenvalue weighted by atomic mass is 10.1. The Bertz CT molecular complexity index is 268. The van der Waals surface area contributed by atoms with Crippen molar-refractivity contribution in [3.05, 3.63) is 35.9 Å². The van der Waals surface area contributed by atoms with Gasteiger partial charge in [-0.1, -0.05) is 30.3 Å². The molecule has 0 spiro atoms. The molecule has 4 heteroatoms. The molecule has 78 valence electrons. The smallest absolute Gasteiger partial charge is 0.376 e. The molecule has 0 aliphatic carbocycles. The van der Waals surface area contributed by atoms with Crippen molar-refractivity contribution in [3.63, 3.8) is 0 Å². The van der Waals surface area contributed by atoms with Crippen LogP contribution in [0.25, 0.3) is 0 Å². The van der Waals surface area contributed by atoms with Gasteiger partial charge >= 0.3 is 6.18 Å². The number of benzene rings is 1. The Hall–Kier alpha value is -1.03. The Morgan fingerprint density at radius 2 is 1.79 bits per heavy atom. The molecule has 1 nitrogen and oxygen atoms in total. The molecule has 1 aromatic rings. The van der Waals surface area contributed by atoms with Crippen LogP contribution in [0.2, 0.25) is 0 Å². The van der Waals surface area contributed by atoms with Crippen LogP contribution in [0.5, 0.6) is 0 Å². The summed E-state index contributed by atoms with van der Waals surface area (Å²) in [5.41, 5.74) is 0.548. The van der Waals surface area contributed by atoms with E-state index in [1.165, 1.54) is 7.11 Å². The maximum absolute atomic E-state index is 12.1. The third-order valence-electron chi connectivity index (χ3n) is 1.87. The third kappa shape index (κ3) is 3.38. The zero-order chi connectivity index (χ0) is 10.6. The van der Waals surface area contributed by atoms with Gasteiger partial charge in [0.15, 0.2) is 0 Å². The molecular weight excluding hydrogens is 193 g/mol. The van der Waals surface area contributed by atoms with Crippen molar-refractivity contribution in [1.29, 1.82) is 0 Å². The Morgan fingerprint density at radius 1 is 1.21 bits per heavy atom. The normalized spacial score (nSPS) is 14.0. The second kappa shape index (κ2) is 4.46. The van der Waals surface area contributed by atoms with E-state index in [9.17, 15) is 13.2 Å². The number of ether oxygens (including phenoxy) is 1. The molecule has 0 heterocycles. The third-order valence-corrected chi connectivity index (χ3v) is 1.87. The highest BCUT2D eigenvalue weighted by atomic mass is 19.4. The fourth-order valence-electron chi connectivity index (χ4n) is 1.22. The predicted octanol–water partition coefficient (Wildman–Crippen LogP) is 3.33. The first-order valence-corrected chi connectivity index (χ1v) is 4.17. The molecule has 0 amide bonds. The summed E-state index contributed by atoms with van der Waals surface area (Å²) in [4.78, 5) is 0. The van der Waals surface area contributed by atoms with E-state index in [-0.39, 0.29) is 0 Å².